The number of amidine groups is 1. The Morgan fingerprint density at radius 1 is 1.20 bits per heavy atom. The Morgan fingerprint density at radius 2 is 1.91 bits per heavy atom. The molecule has 3 aromatic rings. The van der Waals surface area contributed by atoms with Crippen molar-refractivity contribution < 1.29 is 28.2 Å². The maximum atomic E-state index is 16.0. The van der Waals surface area contributed by atoms with Crippen LogP contribution in [-0.2, 0) is 9.53 Å². The molecule has 2 amide bonds. The summed E-state index contributed by atoms with van der Waals surface area (Å²) in [7, 11) is 1.54. The molecule has 1 aliphatic rings. The van der Waals surface area contributed by atoms with Crippen LogP contribution < -0.4 is 4.90 Å². The predicted molar refractivity (Wildman–Crippen MR) is 169 cm³/mol. The van der Waals surface area contributed by atoms with Gasteiger partial charge in [-0.2, -0.15) is 0 Å². The van der Waals surface area contributed by atoms with Gasteiger partial charge in [0.15, 0.2) is 11.6 Å². The van der Waals surface area contributed by atoms with Crippen molar-refractivity contribution in [3.63, 3.8) is 0 Å². The largest absolute Gasteiger partial charge is 0.507 e. The third-order valence-electron chi connectivity index (χ3n) is 7.46. The Morgan fingerprint density at radius 3 is 2.49 bits per heavy atom. The van der Waals surface area contributed by atoms with E-state index in [-0.39, 0.29) is 23.3 Å². The van der Waals surface area contributed by atoms with Crippen molar-refractivity contribution in [1.29, 1.82) is 0 Å². The van der Waals surface area contributed by atoms with Crippen LogP contribution in [0.15, 0.2) is 41.5 Å². The summed E-state index contributed by atoms with van der Waals surface area (Å²) in [6.07, 6.45) is 1.76. The molecule has 0 aliphatic carbocycles. The molecule has 4 rings (SSSR count). The highest BCUT2D eigenvalue weighted by Crippen LogP contribution is 2.39. The van der Waals surface area contributed by atoms with E-state index in [0.717, 1.165) is 12.1 Å². The molecule has 1 aliphatic heterocycles. The van der Waals surface area contributed by atoms with E-state index in [4.69, 9.17) is 4.74 Å². The molecule has 0 saturated carbocycles. The van der Waals surface area contributed by atoms with E-state index < -0.39 is 40.3 Å². The number of hydrogen-bond acceptors (Lipinski definition) is 7. The zero-order chi connectivity index (χ0) is 33.2. The highest BCUT2D eigenvalue weighted by Gasteiger charge is 2.35. The Balaban J connectivity index is 1.90. The van der Waals surface area contributed by atoms with Crippen molar-refractivity contribution in [2.75, 3.05) is 31.6 Å². The number of anilines is 2. The van der Waals surface area contributed by atoms with Crippen LogP contribution >= 0.6 is 0 Å². The van der Waals surface area contributed by atoms with Crippen LogP contribution in [0.3, 0.4) is 0 Å². The van der Waals surface area contributed by atoms with Crippen LogP contribution in [0.25, 0.3) is 11.3 Å². The molecule has 0 spiro atoms. The summed E-state index contributed by atoms with van der Waals surface area (Å²) < 4.78 is 36.6. The maximum Gasteiger partial charge on any atom is 0.410 e. The number of phenols is 1. The highest BCUT2D eigenvalue weighted by atomic mass is 19.1. The number of carbonyl (C=O) groups is 2. The number of pyridine rings is 2. The number of ether oxygens (including phenoxy) is 1. The van der Waals surface area contributed by atoms with Gasteiger partial charge in [0.2, 0.25) is 6.41 Å². The normalized spacial score (nSPS) is 15.8. The van der Waals surface area contributed by atoms with E-state index in [1.807, 2.05) is 32.6 Å². The lowest BCUT2D eigenvalue weighted by Gasteiger charge is -2.42. The summed E-state index contributed by atoms with van der Waals surface area (Å²) in [6, 6.07) is 6.24. The number of aryl methyl sites for hydroxylation is 1. The van der Waals surface area contributed by atoms with Gasteiger partial charge in [0.05, 0.1) is 22.5 Å². The quantitative estimate of drug-likeness (QED) is 0.199. The van der Waals surface area contributed by atoms with E-state index in [0.29, 0.717) is 48.8 Å². The molecule has 45 heavy (non-hydrogen) atoms. The summed E-state index contributed by atoms with van der Waals surface area (Å²) in [5, 5.41) is 10.5. The Bertz CT molecular complexity index is 1600. The summed E-state index contributed by atoms with van der Waals surface area (Å²) in [4.78, 5) is 44.1. The fourth-order valence-corrected chi connectivity index (χ4v) is 5.43. The van der Waals surface area contributed by atoms with Crippen LogP contribution in [-0.4, -0.2) is 81.5 Å². The number of aromatic nitrogens is 2. The number of carbonyl (C=O) groups excluding carboxylic acids is 2. The van der Waals surface area contributed by atoms with Crippen molar-refractivity contribution in [2.45, 2.75) is 66.0 Å². The molecule has 10 nitrogen and oxygen atoms in total. The molecule has 3 heterocycles. The number of phenolic OH excluding ortho intramolecular Hbond substituents is 1. The van der Waals surface area contributed by atoms with E-state index in [1.165, 1.54) is 17.0 Å². The number of benzene rings is 1. The van der Waals surface area contributed by atoms with Gasteiger partial charge in [0.1, 0.15) is 28.7 Å². The summed E-state index contributed by atoms with van der Waals surface area (Å²) in [5.41, 5.74) is 0.364. The van der Waals surface area contributed by atoms with E-state index in [9.17, 15) is 14.7 Å². The van der Waals surface area contributed by atoms with Crippen LogP contribution in [0.1, 0.15) is 64.3 Å². The second kappa shape index (κ2) is 13.2. The van der Waals surface area contributed by atoms with Gasteiger partial charge in [-0.05, 0) is 70.4 Å². The lowest BCUT2D eigenvalue weighted by Crippen LogP contribution is -2.56. The van der Waals surface area contributed by atoms with Crippen molar-refractivity contribution in [1.82, 2.24) is 19.8 Å². The van der Waals surface area contributed by atoms with Gasteiger partial charge >= 0.3 is 6.09 Å². The Hall–Kier alpha value is -4.61. The molecule has 240 valence electrons. The summed E-state index contributed by atoms with van der Waals surface area (Å²) in [6.45, 7) is 13.9. The van der Waals surface area contributed by atoms with Crippen molar-refractivity contribution in [2.24, 2.45) is 4.99 Å². The SMILES string of the molecule is CN=C(c1cc(F)c(-c2c(O)cccc2F)nc1N(C=O)c1c(C)ccnc1C(C)C)N1CCN(C(=O)OC(C)(C)C)CC1C. The Labute approximate surface area is 262 Å². The average Bonchev–Trinajstić information content (AvgIpc) is 2.95. The first kappa shape index (κ1) is 33.3. The van der Waals surface area contributed by atoms with Crippen LogP contribution in [0.4, 0.5) is 25.1 Å². The molecule has 1 saturated heterocycles. The third kappa shape index (κ3) is 6.89. The third-order valence-corrected chi connectivity index (χ3v) is 7.46. The van der Waals surface area contributed by atoms with E-state index in [2.05, 4.69) is 15.0 Å². The molecule has 1 N–H and O–H groups in total. The fourth-order valence-electron chi connectivity index (χ4n) is 5.43. The lowest BCUT2D eigenvalue weighted by molar-refractivity contribution is -0.106. The first-order valence-electron chi connectivity index (χ1n) is 14.8. The standard InChI is InChI=1S/C33H40F2N6O4/c1-19(2)27-29(20(3)12-13-37-27)41(18-42)31-22(16-24(35)28(38-31)26-23(34)10-9-11-25(26)43)30(36-8)40-15-14-39(17-21(40)4)32(44)45-33(5,6)7/h9-13,16,18-19,21,43H,14-15,17H2,1-8H3. The van der Waals surface area contributed by atoms with Crippen molar-refractivity contribution in [3.05, 3.63) is 65.0 Å². The first-order valence-corrected chi connectivity index (χ1v) is 14.8. The van der Waals surface area contributed by atoms with Crippen LogP contribution in [0.2, 0.25) is 0 Å². The maximum absolute atomic E-state index is 16.0. The highest BCUT2D eigenvalue weighted by molar-refractivity contribution is 6.07. The number of nitrogens with zero attached hydrogens (tertiary/aromatic N) is 6. The zero-order valence-corrected chi connectivity index (χ0v) is 26.9. The zero-order valence-electron chi connectivity index (χ0n) is 26.9. The molecule has 1 atom stereocenters. The minimum absolute atomic E-state index is 0.0237. The molecule has 1 fully saturated rings. The van der Waals surface area contributed by atoms with E-state index >= 15 is 8.78 Å². The molecule has 0 bridgehead atoms. The molecule has 2 aromatic heterocycles. The minimum atomic E-state index is -0.923. The van der Waals surface area contributed by atoms with Gasteiger partial charge in [-0.3, -0.25) is 19.7 Å². The predicted octanol–water partition coefficient (Wildman–Crippen LogP) is 6.17. The first-order chi connectivity index (χ1) is 21.2. The number of rotatable bonds is 6. The number of aliphatic imine (C=N–C) groups is 1. The minimum Gasteiger partial charge on any atom is -0.507 e. The van der Waals surface area contributed by atoms with Crippen LogP contribution in [0.5, 0.6) is 5.75 Å². The monoisotopic (exact) mass is 622 g/mol. The van der Waals surface area contributed by atoms with Gasteiger partial charge < -0.3 is 19.6 Å². The second-order valence-corrected chi connectivity index (χ2v) is 12.3. The number of aromatic hydroxyl groups is 1. The number of piperazine rings is 1. The van der Waals surface area contributed by atoms with E-state index in [1.54, 1.807) is 45.0 Å². The van der Waals surface area contributed by atoms with Gasteiger partial charge in [0, 0.05) is 38.9 Å². The van der Waals surface area contributed by atoms with Gasteiger partial charge in [-0.25, -0.2) is 18.6 Å². The van der Waals surface area contributed by atoms with Crippen LogP contribution in [0, 0.1) is 18.6 Å². The number of hydrogen-bond donors (Lipinski definition) is 1. The summed E-state index contributed by atoms with van der Waals surface area (Å²) in [5.74, 6) is -2.11. The number of halogens is 2. The van der Waals surface area contributed by atoms with Gasteiger partial charge in [-0.1, -0.05) is 19.9 Å². The second-order valence-electron chi connectivity index (χ2n) is 12.3. The smallest absolute Gasteiger partial charge is 0.410 e. The van der Waals surface area contributed by atoms with Crippen molar-refractivity contribution in [3.8, 4) is 17.0 Å². The number of amides is 2. The lowest BCUT2D eigenvalue weighted by atomic mass is 10.0. The van der Waals surface area contributed by atoms with Crippen molar-refractivity contribution >= 4 is 29.8 Å². The molecular formula is C33H40F2N6O4. The molecule has 1 unspecified atom stereocenters. The van der Waals surface area contributed by atoms with Gasteiger partial charge in [0.25, 0.3) is 0 Å². The summed E-state index contributed by atoms with van der Waals surface area (Å²) >= 11 is 0. The fraction of sp³-hybridized carbons (Fsp3) is 0.424. The topological polar surface area (TPSA) is 111 Å². The van der Waals surface area contributed by atoms with Gasteiger partial charge in [-0.15, -0.1) is 0 Å². The molecule has 0 radical (unpaired) electrons. The molecular weight excluding hydrogens is 582 g/mol. The average molecular weight is 623 g/mol. The molecule has 1 aromatic carbocycles. The molecule has 12 heteroatoms. The Kier molecular flexibility index (Phi) is 9.74.